The molecular weight excluding hydrogens is 357 g/mol. The smallest absolute Gasteiger partial charge is 0.261 e. The Morgan fingerprint density at radius 2 is 1.43 bits per heavy atom. The molecule has 0 aliphatic carbocycles. The molecule has 0 saturated carbocycles. The van der Waals surface area contributed by atoms with Crippen LogP contribution >= 0.6 is 23.2 Å². The van der Waals surface area contributed by atoms with Crippen molar-refractivity contribution in [2.45, 2.75) is 4.90 Å². The first kappa shape index (κ1) is 15.9. The maximum atomic E-state index is 12.4. The number of fused-ring (bicyclic) bond motifs is 1. The summed E-state index contributed by atoms with van der Waals surface area (Å²) < 4.78 is 27.3. The highest BCUT2D eigenvalue weighted by Gasteiger charge is 2.16. The van der Waals surface area contributed by atoms with Gasteiger partial charge in [0.05, 0.1) is 4.90 Å². The molecule has 7 heteroatoms. The van der Waals surface area contributed by atoms with Gasteiger partial charge in [-0.15, -0.1) is 0 Å². The number of nitrogens with one attached hydrogen (secondary N) is 1. The molecule has 2 N–H and O–H groups in total. The monoisotopic (exact) mass is 367 g/mol. The predicted octanol–water partition coefficient (Wildman–Crippen LogP) is 4.65. The van der Waals surface area contributed by atoms with Gasteiger partial charge >= 0.3 is 0 Å². The van der Waals surface area contributed by atoms with Crippen molar-refractivity contribution in [3.63, 3.8) is 0 Å². The van der Waals surface area contributed by atoms with E-state index in [1.165, 1.54) is 24.3 Å². The number of hydrogen-bond donors (Lipinski definition) is 2. The summed E-state index contributed by atoms with van der Waals surface area (Å²) in [5, 5.41) is 11.5. The molecule has 0 aromatic heterocycles. The van der Waals surface area contributed by atoms with Crippen LogP contribution in [0.2, 0.25) is 10.0 Å². The van der Waals surface area contributed by atoms with E-state index in [0.717, 1.165) is 10.8 Å². The van der Waals surface area contributed by atoms with Crippen LogP contribution in [0.3, 0.4) is 0 Å². The summed E-state index contributed by atoms with van der Waals surface area (Å²) in [7, 11) is -3.80. The first-order valence-corrected chi connectivity index (χ1v) is 8.79. The van der Waals surface area contributed by atoms with Crippen LogP contribution in [0.25, 0.3) is 10.8 Å². The van der Waals surface area contributed by atoms with Crippen molar-refractivity contribution in [2.75, 3.05) is 4.72 Å². The molecule has 0 unspecified atom stereocenters. The lowest BCUT2D eigenvalue weighted by Gasteiger charge is -2.10. The fourth-order valence-electron chi connectivity index (χ4n) is 2.19. The van der Waals surface area contributed by atoms with E-state index in [4.69, 9.17) is 23.2 Å². The van der Waals surface area contributed by atoms with E-state index >= 15 is 0 Å². The van der Waals surface area contributed by atoms with Crippen LogP contribution in [0.4, 0.5) is 5.69 Å². The summed E-state index contributed by atoms with van der Waals surface area (Å²) in [6.07, 6.45) is 0. The Balaban J connectivity index is 1.98. The van der Waals surface area contributed by atoms with Gasteiger partial charge in [0.25, 0.3) is 10.0 Å². The highest BCUT2D eigenvalue weighted by atomic mass is 35.5. The average molecular weight is 368 g/mol. The van der Waals surface area contributed by atoms with Crippen LogP contribution in [0.1, 0.15) is 0 Å². The van der Waals surface area contributed by atoms with Gasteiger partial charge in [-0.1, -0.05) is 35.3 Å². The molecule has 23 heavy (non-hydrogen) atoms. The quantitative estimate of drug-likeness (QED) is 0.707. The van der Waals surface area contributed by atoms with Crippen molar-refractivity contribution < 1.29 is 13.5 Å². The van der Waals surface area contributed by atoms with Crippen LogP contribution < -0.4 is 4.72 Å². The van der Waals surface area contributed by atoms with E-state index in [0.29, 0.717) is 5.69 Å². The highest BCUT2D eigenvalue weighted by molar-refractivity contribution is 7.92. The Kier molecular flexibility index (Phi) is 4.10. The van der Waals surface area contributed by atoms with E-state index < -0.39 is 10.0 Å². The predicted molar refractivity (Wildman–Crippen MR) is 92.9 cm³/mol. The summed E-state index contributed by atoms with van der Waals surface area (Å²) in [6.45, 7) is 0. The third kappa shape index (κ3) is 3.52. The third-order valence-corrected chi connectivity index (χ3v) is 5.02. The molecule has 3 rings (SSSR count). The SMILES string of the molecule is O=S(=O)(Nc1ccc2cc(O)ccc2c1)c1cc(Cl)cc(Cl)c1. The minimum atomic E-state index is -3.80. The molecule has 4 nitrogen and oxygen atoms in total. The first-order chi connectivity index (χ1) is 10.8. The molecule has 0 fully saturated rings. The number of anilines is 1. The van der Waals surface area contributed by atoms with Gasteiger partial charge in [0.2, 0.25) is 0 Å². The van der Waals surface area contributed by atoms with E-state index in [-0.39, 0.29) is 20.7 Å². The molecular formula is C16H11Cl2NO3S. The zero-order chi connectivity index (χ0) is 16.6. The van der Waals surface area contributed by atoms with Gasteiger partial charge in [-0.25, -0.2) is 8.42 Å². The zero-order valence-electron chi connectivity index (χ0n) is 11.6. The van der Waals surface area contributed by atoms with Crippen LogP contribution in [0.15, 0.2) is 59.5 Å². The van der Waals surface area contributed by atoms with Gasteiger partial charge in [-0.3, -0.25) is 4.72 Å². The number of hydrogen-bond acceptors (Lipinski definition) is 3. The second-order valence-corrected chi connectivity index (χ2v) is 7.51. The topological polar surface area (TPSA) is 66.4 Å². The molecule has 0 aliphatic heterocycles. The van der Waals surface area contributed by atoms with Crippen molar-refractivity contribution in [3.05, 3.63) is 64.6 Å². The standard InChI is InChI=1S/C16H11Cl2NO3S/c17-12-7-13(18)9-16(8-12)23(21,22)19-14-3-1-11-6-15(20)4-2-10(11)5-14/h1-9,19-20H. The normalized spacial score (nSPS) is 11.6. The highest BCUT2D eigenvalue weighted by Crippen LogP contribution is 2.27. The van der Waals surface area contributed by atoms with Gasteiger partial charge in [-0.05, 0) is 53.2 Å². The van der Waals surface area contributed by atoms with Gasteiger partial charge in [-0.2, -0.15) is 0 Å². The van der Waals surface area contributed by atoms with Gasteiger partial charge < -0.3 is 5.11 Å². The van der Waals surface area contributed by atoms with Gasteiger partial charge in [0, 0.05) is 15.7 Å². The molecule has 0 heterocycles. The lowest BCUT2D eigenvalue weighted by Crippen LogP contribution is -2.12. The molecule has 0 bridgehead atoms. The molecule has 118 valence electrons. The van der Waals surface area contributed by atoms with Crippen molar-refractivity contribution in [1.82, 2.24) is 0 Å². The van der Waals surface area contributed by atoms with E-state index in [9.17, 15) is 13.5 Å². The van der Waals surface area contributed by atoms with Crippen molar-refractivity contribution >= 4 is 49.7 Å². The lowest BCUT2D eigenvalue weighted by atomic mass is 10.1. The van der Waals surface area contributed by atoms with Crippen LogP contribution in [0, 0.1) is 0 Å². The number of sulfonamides is 1. The first-order valence-electron chi connectivity index (χ1n) is 6.55. The molecule has 0 atom stereocenters. The Hall–Kier alpha value is -1.95. The number of halogens is 2. The average Bonchev–Trinajstić information content (AvgIpc) is 2.46. The van der Waals surface area contributed by atoms with Gasteiger partial charge in [0.15, 0.2) is 0 Å². The maximum absolute atomic E-state index is 12.4. The Morgan fingerprint density at radius 3 is 2.13 bits per heavy atom. The molecule has 0 saturated heterocycles. The van der Waals surface area contributed by atoms with E-state index in [1.807, 2.05) is 0 Å². The number of phenolic OH excluding ortho intramolecular Hbond substituents is 1. The molecule has 3 aromatic carbocycles. The molecule has 0 radical (unpaired) electrons. The minimum absolute atomic E-state index is 0.0131. The maximum Gasteiger partial charge on any atom is 0.261 e. The number of phenols is 1. The Morgan fingerprint density at radius 1 is 0.826 bits per heavy atom. The fraction of sp³-hybridized carbons (Fsp3) is 0. The molecule has 0 spiro atoms. The van der Waals surface area contributed by atoms with Crippen LogP contribution in [-0.2, 0) is 10.0 Å². The molecule has 0 aliphatic rings. The summed E-state index contributed by atoms with van der Waals surface area (Å²) >= 11 is 11.7. The molecule has 3 aromatic rings. The summed E-state index contributed by atoms with van der Waals surface area (Å²) in [6, 6.07) is 14.0. The summed E-state index contributed by atoms with van der Waals surface area (Å²) in [5.74, 6) is 0.152. The summed E-state index contributed by atoms with van der Waals surface area (Å²) in [5.41, 5.74) is 0.402. The van der Waals surface area contributed by atoms with Crippen molar-refractivity contribution in [3.8, 4) is 5.75 Å². The largest absolute Gasteiger partial charge is 0.508 e. The van der Waals surface area contributed by atoms with Crippen molar-refractivity contribution in [2.24, 2.45) is 0 Å². The number of rotatable bonds is 3. The fourth-order valence-corrected chi connectivity index (χ4v) is 3.97. The summed E-state index contributed by atoms with van der Waals surface area (Å²) in [4.78, 5) is -0.0131. The number of aromatic hydroxyl groups is 1. The molecule has 0 amide bonds. The second kappa shape index (κ2) is 5.92. The number of benzene rings is 3. The van der Waals surface area contributed by atoms with E-state index in [1.54, 1.807) is 30.3 Å². The second-order valence-electron chi connectivity index (χ2n) is 4.96. The third-order valence-electron chi connectivity index (χ3n) is 3.22. The Labute approximate surface area is 143 Å². The Bertz CT molecular complexity index is 983. The van der Waals surface area contributed by atoms with Gasteiger partial charge in [0.1, 0.15) is 5.75 Å². The van der Waals surface area contributed by atoms with E-state index in [2.05, 4.69) is 4.72 Å². The van der Waals surface area contributed by atoms with Crippen LogP contribution in [-0.4, -0.2) is 13.5 Å². The zero-order valence-corrected chi connectivity index (χ0v) is 14.0. The minimum Gasteiger partial charge on any atom is -0.508 e. The van der Waals surface area contributed by atoms with Crippen LogP contribution in [0.5, 0.6) is 5.75 Å². The van der Waals surface area contributed by atoms with Crippen molar-refractivity contribution in [1.29, 1.82) is 0 Å². The lowest BCUT2D eigenvalue weighted by molar-refractivity contribution is 0.476.